The molecule has 1 aromatic carbocycles. The average Bonchev–Trinajstić information content (AvgIpc) is 2.48. The number of nitrogens with two attached hydrogens (primary N) is 1. The molecule has 1 saturated heterocycles. The molecule has 20 heavy (non-hydrogen) atoms. The fourth-order valence-corrected chi connectivity index (χ4v) is 1.77. The highest BCUT2D eigenvalue weighted by molar-refractivity contribution is 5.91. The number of hydrogen-bond donors (Lipinski definition) is 1. The van der Waals surface area contributed by atoms with Gasteiger partial charge < -0.3 is 20.1 Å². The summed E-state index contributed by atoms with van der Waals surface area (Å²) in [6, 6.07) is 3.60. The van der Waals surface area contributed by atoms with Gasteiger partial charge in [-0.2, -0.15) is 0 Å². The van der Waals surface area contributed by atoms with Gasteiger partial charge in [0.25, 0.3) is 5.91 Å². The van der Waals surface area contributed by atoms with Crippen LogP contribution in [0.3, 0.4) is 0 Å². The van der Waals surface area contributed by atoms with E-state index in [-0.39, 0.29) is 23.8 Å². The molecule has 0 spiro atoms. The molecule has 1 aliphatic rings. The number of esters is 1. The number of halogens is 1. The molecule has 0 aromatic heterocycles. The van der Waals surface area contributed by atoms with E-state index in [0.717, 1.165) is 6.07 Å². The number of morpholine rings is 1. The number of carbonyl (C=O) groups is 2. The molecule has 0 bridgehead atoms. The van der Waals surface area contributed by atoms with Crippen molar-refractivity contribution >= 4 is 17.6 Å². The maximum Gasteiger partial charge on any atom is 0.338 e. The second-order valence-electron chi connectivity index (χ2n) is 4.31. The third-order valence-electron chi connectivity index (χ3n) is 2.93. The molecule has 0 atom stereocenters. The summed E-state index contributed by atoms with van der Waals surface area (Å²) in [6.45, 7) is 1.54. The number of rotatable bonds is 3. The average molecular weight is 282 g/mol. The van der Waals surface area contributed by atoms with Gasteiger partial charge in [0.15, 0.2) is 6.61 Å². The Bertz CT molecular complexity index is 515. The van der Waals surface area contributed by atoms with Gasteiger partial charge in [0.1, 0.15) is 5.82 Å². The van der Waals surface area contributed by atoms with Crippen LogP contribution < -0.4 is 5.73 Å². The number of nitrogens with zero attached hydrogens (tertiary/aromatic N) is 1. The van der Waals surface area contributed by atoms with E-state index in [4.69, 9.17) is 15.2 Å². The van der Waals surface area contributed by atoms with Gasteiger partial charge in [0.05, 0.1) is 24.5 Å². The predicted octanol–water partition coefficient (Wildman–Crippen LogP) is 0.423. The van der Waals surface area contributed by atoms with Gasteiger partial charge in [0.2, 0.25) is 0 Å². The minimum Gasteiger partial charge on any atom is -0.452 e. The first-order valence-electron chi connectivity index (χ1n) is 6.15. The number of ether oxygens (including phenoxy) is 2. The smallest absolute Gasteiger partial charge is 0.338 e. The number of hydrogen-bond acceptors (Lipinski definition) is 5. The predicted molar refractivity (Wildman–Crippen MR) is 68.5 cm³/mol. The largest absolute Gasteiger partial charge is 0.452 e. The Morgan fingerprint density at radius 1 is 1.35 bits per heavy atom. The lowest BCUT2D eigenvalue weighted by Crippen LogP contribution is -2.42. The molecule has 0 saturated carbocycles. The third-order valence-corrected chi connectivity index (χ3v) is 2.93. The monoisotopic (exact) mass is 282 g/mol. The summed E-state index contributed by atoms with van der Waals surface area (Å²) in [4.78, 5) is 25.0. The highest BCUT2D eigenvalue weighted by Crippen LogP contribution is 2.12. The van der Waals surface area contributed by atoms with Gasteiger partial charge in [-0.25, -0.2) is 9.18 Å². The van der Waals surface area contributed by atoms with Crippen molar-refractivity contribution in [1.29, 1.82) is 0 Å². The van der Waals surface area contributed by atoms with Gasteiger partial charge >= 0.3 is 5.97 Å². The van der Waals surface area contributed by atoms with E-state index in [1.807, 2.05) is 0 Å². The van der Waals surface area contributed by atoms with Gasteiger partial charge in [-0.1, -0.05) is 0 Å². The van der Waals surface area contributed by atoms with Gasteiger partial charge in [0, 0.05) is 13.1 Å². The van der Waals surface area contributed by atoms with E-state index < -0.39 is 11.8 Å². The van der Waals surface area contributed by atoms with Gasteiger partial charge in [-0.3, -0.25) is 4.79 Å². The summed E-state index contributed by atoms with van der Waals surface area (Å²) < 4.78 is 23.2. The van der Waals surface area contributed by atoms with E-state index in [2.05, 4.69) is 0 Å². The van der Waals surface area contributed by atoms with Crippen LogP contribution >= 0.6 is 0 Å². The summed E-state index contributed by atoms with van der Waals surface area (Å²) in [6.07, 6.45) is 0. The number of nitrogen functional groups attached to an aromatic ring is 1. The Balaban J connectivity index is 1.88. The van der Waals surface area contributed by atoms with Crippen LogP contribution in [0.5, 0.6) is 0 Å². The fourth-order valence-electron chi connectivity index (χ4n) is 1.77. The van der Waals surface area contributed by atoms with Crippen LogP contribution in [-0.2, 0) is 14.3 Å². The number of benzene rings is 1. The van der Waals surface area contributed by atoms with Crippen molar-refractivity contribution in [1.82, 2.24) is 4.90 Å². The Labute approximate surface area is 115 Å². The molecule has 1 aliphatic heterocycles. The molecule has 0 radical (unpaired) electrons. The minimum absolute atomic E-state index is 0.0199. The summed E-state index contributed by atoms with van der Waals surface area (Å²) in [5.41, 5.74) is 5.28. The minimum atomic E-state index is -0.759. The zero-order chi connectivity index (χ0) is 14.5. The van der Waals surface area contributed by atoms with Crippen molar-refractivity contribution in [3.63, 3.8) is 0 Å². The van der Waals surface area contributed by atoms with E-state index in [1.165, 1.54) is 12.1 Å². The van der Waals surface area contributed by atoms with Crippen LogP contribution in [0.2, 0.25) is 0 Å². The molecule has 108 valence electrons. The SMILES string of the molecule is Nc1ccc(C(=O)OCC(=O)N2CCOCC2)cc1F. The van der Waals surface area contributed by atoms with Crippen molar-refractivity contribution in [2.45, 2.75) is 0 Å². The number of amides is 1. The standard InChI is InChI=1S/C13H15FN2O4/c14-10-7-9(1-2-11(10)15)13(18)20-8-12(17)16-3-5-19-6-4-16/h1-2,7H,3-6,8,15H2. The quantitative estimate of drug-likeness (QED) is 0.642. The molecule has 6 nitrogen and oxygen atoms in total. The third kappa shape index (κ3) is 3.45. The van der Waals surface area contributed by atoms with Crippen molar-refractivity contribution in [3.05, 3.63) is 29.6 Å². The molecule has 2 N–H and O–H groups in total. The number of anilines is 1. The molecule has 2 rings (SSSR count). The lowest BCUT2D eigenvalue weighted by Gasteiger charge is -2.26. The maximum atomic E-state index is 13.2. The summed E-state index contributed by atoms with van der Waals surface area (Å²) >= 11 is 0. The van der Waals surface area contributed by atoms with E-state index in [1.54, 1.807) is 4.90 Å². The topological polar surface area (TPSA) is 81.9 Å². The van der Waals surface area contributed by atoms with Gasteiger partial charge in [-0.15, -0.1) is 0 Å². The maximum absolute atomic E-state index is 13.2. The van der Waals surface area contributed by atoms with Crippen LogP contribution in [0.1, 0.15) is 10.4 Å². The lowest BCUT2D eigenvalue weighted by molar-refractivity contribution is -0.138. The Morgan fingerprint density at radius 3 is 2.70 bits per heavy atom. The van der Waals surface area contributed by atoms with Crippen molar-refractivity contribution in [2.75, 3.05) is 38.6 Å². The second kappa shape index (κ2) is 6.33. The van der Waals surface area contributed by atoms with E-state index in [9.17, 15) is 14.0 Å². The normalized spacial score (nSPS) is 14.9. The second-order valence-corrected chi connectivity index (χ2v) is 4.31. The molecule has 1 amide bonds. The molecule has 1 fully saturated rings. The van der Waals surface area contributed by atoms with Crippen LogP contribution in [0.15, 0.2) is 18.2 Å². The Morgan fingerprint density at radius 2 is 2.05 bits per heavy atom. The highest BCUT2D eigenvalue weighted by atomic mass is 19.1. The zero-order valence-corrected chi connectivity index (χ0v) is 10.8. The zero-order valence-electron chi connectivity index (χ0n) is 10.8. The molecule has 0 aliphatic carbocycles. The van der Waals surface area contributed by atoms with Crippen molar-refractivity contribution in [3.8, 4) is 0 Å². The molecule has 7 heteroatoms. The highest BCUT2D eigenvalue weighted by Gasteiger charge is 2.19. The lowest BCUT2D eigenvalue weighted by atomic mass is 10.2. The first-order chi connectivity index (χ1) is 9.58. The van der Waals surface area contributed by atoms with Crippen molar-refractivity contribution in [2.24, 2.45) is 0 Å². The van der Waals surface area contributed by atoms with Gasteiger partial charge in [-0.05, 0) is 18.2 Å². The molecule has 1 aromatic rings. The number of carbonyl (C=O) groups excluding carboxylic acids is 2. The van der Waals surface area contributed by atoms with E-state index >= 15 is 0 Å². The Hall–Kier alpha value is -2.15. The molecule has 1 heterocycles. The summed E-state index contributed by atoms with van der Waals surface area (Å²) in [5, 5.41) is 0. The summed E-state index contributed by atoms with van der Waals surface area (Å²) in [5.74, 6) is -1.75. The Kier molecular flexibility index (Phi) is 4.52. The molecule has 0 unspecified atom stereocenters. The van der Waals surface area contributed by atoms with Crippen LogP contribution in [-0.4, -0.2) is 49.7 Å². The van der Waals surface area contributed by atoms with Crippen LogP contribution in [0.4, 0.5) is 10.1 Å². The first-order valence-corrected chi connectivity index (χ1v) is 6.15. The van der Waals surface area contributed by atoms with E-state index in [0.29, 0.717) is 26.3 Å². The fraction of sp³-hybridized carbons (Fsp3) is 0.385. The summed E-state index contributed by atoms with van der Waals surface area (Å²) in [7, 11) is 0. The molecular weight excluding hydrogens is 267 g/mol. The van der Waals surface area contributed by atoms with Crippen LogP contribution in [0, 0.1) is 5.82 Å². The first kappa shape index (κ1) is 14.3. The van der Waals surface area contributed by atoms with Crippen molar-refractivity contribution < 1.29 is 23.5 Å². The van der Waals surface area contributed by atoms with Crippen LogP contribution in [0.25, 0.3) is 0 Å². The molecular formula is C13H15FN2O4.